The minimum Gasteiger partial charge on any atom is -0.481 e. The van der Waals surface area contributed by atoms with Crippen LogP contribution in [-0.4, -0.2) is 37.2 Å². The normalized spacial score (nSPS) is 17.1. The molecule has 2 N–H and O–H groups in total. The van der Waals surface area contributed by atoms with Gasteiger partial charge in [-0.25, -0.2) is 4.39 Å². The molecule has 1 unspecified atom stereocenters. The SMILES string of the molecule is COCCC1(C(=O)NCC(C(=O)O)c2ccc(F)cc2)CCC1. The van der Waals surface area contributed by atoms with Gasteiger partial charge in [-0.15, -0.1) is 0 Å². The number of rotatable bonds is 8. The molecule has 0 aliphatic heterocycles. The van der Waals surface area contributed by atoms with Crippen molar-refractivity contribution in [2.75, 3.05) is 20.3 Å². The maximum Gasteiger partial charge on any atom is 0.312 e. The molecule has 0 saturated heterocycles. The molecule has 5 nitrogen and oxygen atoms in total. The molecule has 1 atom stereocenters. The van der Waals surface area contributed by atoms with E-state index in [1.807, 2.05) is 0 Å². The first-order valence-corrected chi connectivity index (χ1v) is 7.74. The molecule has 23 heavy (non-hydrogen) atoms. The number of benzene rings is 1. The average Bonchev–Trinajstić information content (AvgIpc) is 2.48. The first kappa shape index (κ1) is 17.4. The third kappa shape index (κ3) is 4.07. The van der Waals surface area contributed by atoms with E-state index >= 15 is 0 Å². The summed E-state index contributed by atoms with van der Waals surface area (Å²) in [7, 11) is 1.60. The molecule has 1 aromatic carbocycles. The lowest BCUT2D eigenvalue weighted by Crippen LogP contribution is -2.47. The fraction of sp³-hybridized carbons (Fsp3) is 0.529. The Morgan fingerprint density at radius 2 is 2.00 bits per heavy atom. The summed E-state index contributed by atoms with van der Waals surface area (Å²) >= 11 is 0. The van der Waals surface area contributed by atoms with E-state index in [2.05, 4.69) is 5.32 Å². The number of carboxylic acid groups (broad SMARTS) is 1. The van der Waals surface area contributed by atoms with E-state index in [1.165, 1.54) is 24.3 Å². The smallest absolute Gasteiger partial charge is 0.312 e. The molecule has 0 radical (unpaired) electrons. The number of nitrogens with one attached hydrogen (secondary N) is 1. The second-order valence-corrected chi connectivity index (χ2v) is 6.03. The van der Waals surface area contributed by atoms with E-state index in [0.717, 1.165) is 19.3 Å². The van der Waals surface area contributed by atoms with Gasteiger partial charge in [0.05, 0.1) is 11.3 Å². The molecule has 1 fully saturated rings. The van der Waals surface area contributed by atoms with E-state index < -0.39 is 23.1 Å². The lowest BCUT2D eigenvalue weighted by molar-refractivity contribution is -0.140. The predicted octanol–water partition coefficient (Wildman–Crippen LogP) is 2.32. The number of carbonyl (C=O) groups is 2. The van der Waals surface area contributed by atoms with Gasteiger partial charge in [0, 0.05) is 20.3 Å². The van der Waals surface area contributed by atoms with E-state index in [0.29, 0.717) is 18.6 Å². The van der Waals surface area contributed by atoms with Crippen LogP contribution in [0, 0.1) is 11.2 Å². The van der Waals surface area contributed by atoms with Crippen molar-refractivity contribution in [1.82, 2.24) is 5.32 Å². The van der Waals surface area contributed by atoms with Crippen molar-refractivity contribution in [2.45, 2.75) is 31.6 Å². The number of ether oxygens (including phenoxy) is 1. The Bertz CT molecular complexity index is 554. The minimum absolute atomic E-state index is 0.00543. The zero-order valence-electron chi connectivity index (χ0n) is 13.2. The van der Waals surface area contributed by atoms with E-state index in [-0.39, 0.29) is 12.5 Å². The number of carboxylic acids is 1. The fourth-order valence-corrected chi connectivity index (χ4v) is 2.92. The Balaban J connectivity index is 1.99. The maximum absolute atomic E-state index is 13.0. The third-order valence-corrected chi connectivity index (χ3v) is 4.61. The Kier molecular flexibility index (Phi) is 5.71. The van der Waals surface area contributed by atoms with Gasteiger partial charge in [-0.3, -0.25) is 9.59 Å². The number of methoxy groups -OCH3 is 1. The van der Waals surface area contributed by atoms with E-state index in [4.69, 9.17) is 4.74 Å². The average molecular weight is 323 g/mol. The van der Waals surface area contributed by atoms with Crippen LogP contribution in [0.2, 0.25) is 0 Å². The lowest BCUT2D eigenvalue weighted by atomic mass is 9.66. The number of hydrogen-bond acceptors (Lipinski definition) is 3. The van der Waals surface area contributed by atoms with Gasteiger partial charge in [-0.05, 0) is 37.0 Å². The highest BCUT2D eigenvalue weighted by molar-refractivity contribution is 5.84. The molecule has 0 heterocycles. The van der Waals surface area contributed by atoms with Gasteiger partial charge in [-0.2, -0.15) is 0 Å². The first-order chi connectivity index (χ1) is 11.0. The highest BCUT2D eigenvalue weighted by atomic mass is 19.1. The van der Waals surface area contributed by atoms with Gasteiger partial charge >= 0.3 is 5.97 Å². The Labute approximate surface area is 134 Å². The van der Waals surface area contributed by atoms with Crippen LogP contribution in [0.5, 0.6) is 0 Å². The topological polar surface area (TPSA) is 75.6 Å². The number of carbonyl (C=O) groups excluding carboxylic acids is 1. The summed E-state index contributed by atoms with van der Waals surface area (Å²) in [6.07, 6.45) is 3.24. The molecule has 0 bridgehead atoms. The molecule has 1 aromatic rings. The molecular formula is C17H22FNO4. The molecule has 1 aliphatic carbocycles. The van der Waals surface area contributed by atoms with Crippen LogP contribution in [0.25, 0.3) is 0 Å². The molecule has 2 rings (SSSR count). The number of aliphatic carboxylic acids is 1. The molecule has 126 valence electrons. The summed E-state index contributed by atoms with van der Waals surface area (Å²) in [5.41, 5.74) is 0.0424. The van der Waals surface area contributed by atoms with Crippen LogP contribution in [-0.2, 0) is 14.3 Å². The second kappa shape index (κ2) is 7.55. The standard InChI is InChI=1S/C17H22FNO4/c1-23-10-9-17(7-2-8-17)16(22)19-11-14(15(20)21)12-3-5-13(18)6-4-12/h3-6,14H,2,7-11H2,1H3,(H,19,22)(H,20,21). The molecule has 0 spiro atoms. The number of amides is 1. The van der Waals surface area contributed by atoms with Gasteiger partial charge in [0.2, 0.25) is 5.91 Å². The molecule has 1 aliphatic rings. The van der Waals surface area contributed by atoms with E-state index in [1.54, 1.807) is 7.11 Å². The van der Waals surface area contributed by atoms with Crippen LogP contribution in [0.1, 0.15) is 37.2 Å². The molecule has 1 saturated carbocycles. The van der Waals surface area contributed by atoms with Crippen LogP contribution < -0.4 is 5.32 Å². The van der Waals surface area contributed by atoms with Crippen molar-refractivity contribution in [3.63, 3.8) is 0 Å². The third-order valence-electron chi connectivity index (χ3n) is 4.61. The summed E-state index contributed by atoms with van der Waals surface area (Å²) in [6.45, 7) is 0.502. The van der Waals surface area contributed by atoms with Crippen molar-refractivity contribution >= 4 is 11.9 Å². The van der Waals surface area contributed by atoms with Crippen LogP contribution in [0.15, 0.2) is 24.3 Å². The lowest BCUT2D eigenvalue weighted by Gasteiger charge is -2.40. The van der Waals surface area contributed by atoms with Gasteiger partial charge in [0.25, 0.3) is 0 Å². The highest BCUT2D eigenvalue weighted by Crippen LogP contribution is 2.44. The van der Waals surface area contributed by atoms with Crippen molar-refractivity contribution < 1.29 is 23.8 Å². The second-order valence-electron chi connectivity index (χ2n) is 6.03. The number of hydrogen-bond donors (Lipinski definition) is 2. The summed E-state index contributed by atoms with van der Waals surface area (Å²) in [5, 5.41) is 12.1. The minimum atomic E-state index is -1.04. The predicted molar refractivity (Wildman–Crippen MR) is 82.6 cm³/mol. The van der Waals surface area contributed by atoms with Crippen LogP contribution >= 0.6 is 0 Å². The Morgan fingerprint density at radius 3 is 2.48 bits per heavy atom. The highest BCUT2D eigenvalue weighted by Gasteiger charge is 2.43. The zero-order valence-corrected chi connectivity index (χ0v) is 13.2. The molecule has 0 aromatic heterocycles. The quantitative estimate of drug-likeness (QED) is 0.770. The van der Waals surface area contributed by atoms with Crippen molar-refractivity contribution in [1.29, 1.82) is 0 Å². The summed E-state index contributed by atoms with van der Waals surface area (Å²) in [4.78, 5) is 23.9. The summed E-state index contributed by atoms with van der Waals surface area (Å²) in [6, 6.07) is 5.31. The van der Waals surface area contributed by atoms with Crippen LogP contribution in [0.4, 0.5) is 4.39 Å². The van der Waals surface area contributed by atoms with Crippen molar-refractivity contribution in [3.05, 3.63) is 35.6 Å². The Morgan fingerprint density at radius 1 is 1.35 bits per heavy atom. The Hall–Kier alpha value is -1.95. The monoisotopic (exact) mass is 323 g/mol. The molecule has 1 amide bonds. The largest absolute Gasteiger partial charge is 0.481 e. The summed E-state index contributed by atoms with van der Waals surface area (Å²) in [5.74, 6) is -2.47. The van der Waals surface area contributed by atoms with E-state index in [9.17, 15) is 19.1 Å². The van der Waals surface area contributed by atoms with Gasteiger partial charge in [-0.1, -0.05) is 18.6 Å². The maximum atomic E-state index is 13.0. The van der Waals surface area contributed by atoms with Gasteiger partial charge < -0.3 is 15.2 Å². The first-order valence-electron chi connectivity index (χ1n) is 7.74. The zero-order chi connectivity index (χ0) is 16.9. The fourth-order valence-electron chi connectivity index (χ4n) is 2.92. The van der Waals surface area contributed by atoms with Crippen molar-refractivity contribution in [3.8, 4) is 0 Å². The van der Waals surface area contributed by atoms with Crippen LogP contribution in [0.3, 0.4) is 0 Å². The van der Waals surface area contributed by atoms with Gasteiger partial charge in [0.15, 0.2) is 0 Å². The summed E-state index contributed by atoms with van der Waals surface area (Å²) < 4.78 is 18.0. The number of halogens is 1. The molecule has 6 heteroatoms. The molecular weight excluding hydrogens is 301 g/mol. The van der Waals surface area contributed by atoms with Crippen molar-refractivity contribution in [2.24, 2.45) is 5.41 Å². The van der Waals surface area contributed by atoms with Gasteiger partial charge in [0.1, 0.15) is 5.82 Å².